The van der Waals surface area contributed by atoms with E-state index in [9.17, 15) is 40.9 Å². The summed E-state index contributed by atoms with van der Waals surface area (Å²) in [4.78, 5) is 0. The molecule has 8 aromatic rings. The van der Waals surface area contributed by atoms with E-state index in [0.29, 0.717) is 168 Å². The first-order valence-corrected chi connectivity index (χ1v) is 47.6. The minimum atomic E-state index is -3.48. The maximum atomic E-state index is 12.0. The average molecular weight is 1500 g/mol. The van der Waals surface area contributed by atoms with Crippen LogP contribution in [0.2, 0.25) is 28.9 Å². The van der Waals surface area contributed by atoms with Gasteiger partial charge in [0.2, 0.25) is 0 Å². The first-order chi connectivity index (χ1) is 49.5. The zero-order valence-electron chi connectivity index (χ0n) is 60.3. The van der Waals surface area contributed by atoms with Gasteiger partial charge < -0.3 is 90.1 Å². The maximum absolute atomic E-state index is 12.0. The van der Waals surface area contributed by atoms with E-state index < -0.39 is 89.2 Å². The second-order valence-corrected chi connectivity index (χ2v) is 36.4. The monoisotopic (exact) mass is 1500 g/mol. The molecule has 0 radical (unpaired) electrons. The number of phenolic OH excluding ortho intramolecular Hbond substituents is 8. The molecule has 0 saturated heterocycles. The molecule has 0 unspecified atom stereocenters. The molecule has 538 valence electrons. The van der Waals surface area contributed by atoms with E-state index in [-0.39, 0.29) is 104 Å². The highest BCUT2D eigenvalue weighted by Gasteiger charge is 2.43. The molecule has 103 heavy (non-hydrogen) atoms. The molecular weight excluding hydrogens is 1410 g/mol. The van der Waals surface area contributed by atoms with E-state index in [0.717, 1.165) is 25.7 Å². The van der Waals surface area contributed by atoms with Gasteiger partial charge in [0, 0.05) is 133 Å². The van der Waals surface area contributed by atoms with Crippen molar-refractivity contribution in [2.75, 3.05) is 33.0 Å². The van der Waals surface area contributed by atoms with Crippen LogP contribution >= 0.6 is 0 Å². The highest BCUT2D eigenvalue weighted by Crippen LogP contribution is 2.46. The Morgan fingerprint density at radius 1 is 0.282 bits per heavy atom. The number of rotatable bonds is 23. The third-order valence-corrected chi connectivity index (χ3v) is 25.8. The molecular formula is C76H90Al6O21. The molecule has 0 aromatic heterocycles. The van der Waals surface area contributed by atoms with E-state index in [2.05, 4.69) is 0 Å². The summed E-state index contributed by atoms with van der Waals surface area (Å²) in [5.41, 5.74) is 8.73. The summed E-state index contributed by atoms with van der Waals surface area (Å²) in [6.07, 6.45) is 4.52. The fourth-order valence-electron chi connectivity index (χ4n) is 13.0. The van der Waals surface area contributed by atoms with Gasteiger partial charge in [-0.1, -0.05) is 34.6 Å². The molecule has 0 fully saturated rings. The number of phenols is 8. The maximum Gasteiger partial charge on any atom is 1.10 e. The zero-order valence-corrected chi connectivity index (χ0v) is 67.2. The second kappa shape index (κ2) is 35.8. The molecule has 27 heteroatoms. The Labute approximate surface area is 632 Å². The topological polar surface area (TPSA) is 282 Å². The zero-order chi connectivity index (χ0) is 73.2. The van der Waals surface area contributed by atoms with E-state index in [1.54, 1.807) is 36.4 Å². The molecule has 20 bridgehead atoms. The number of fused-ring (bicyclic) bond motifs is 24. The molecule has 0 amide bonds. The SMILES string of the molecule is CCC[O][Al]([CH3])[O]c1cc([O][Al]([CH3])[O]CCC)c2cc1Cc1cc(c(O)cc1O)Cc1cc(c3cc1[O][Al]([CH3])[O]c1cc(c4cc1Cc1cc(c(O)cc1O)Cc1cc(c([O][Al]([CH3])[O]CCC)cc1[O][Al]([CH3])[O]CCC)Cc1cc(c(O)cc1O)C4)[O][Al]([O]CCC)[O]3)Cc1cc(c(O)cc1O)C2. The third-order valence-electron chi connectivity index (χ3n) is 18.0. The molecule has 3 aliphatic rings. The summed E-state index contributed by atoms with van der Waals surface area (Å²) in [5.74, 6) is 11.6. The largest absolute Gasteiger partial charge is 1.10 e. The van der Waals surface area contributed by atoms with E-state index in [1.807, 2.05) is 99.9 Å². The van der Waals surface area contributed by atoms with Crippen molar-refractivity contribution in [2.24, 2.45) is 0 Å². The van der Waals surface area contributed by atoms with E-state index in [1.165, 1.54) is 24.3 Å². The predicted octanol–water partition coefficient (Wildman–Crippen LogP) is 14.1. The molecule has 0 saturated carbocycles. The molecule has 11 rings (SSSR count). The molecule has 0 atom stereocenters. The van der Waals surface area contributed by atoms with Gasteiger partial charge in [-0.15, -0.1) is 0 Å². The molecule has 2 aliphatic carbocycles. The highest BCUT2D eigenvalue weighted by atomic mass is 27.3. The van der Waals surface area contributed by atoms with Gasteiger partial charge in [-0.2, -0.15) is 0 Å². The summed E-state index contributed by atoms with van der Waals surface area (Å²) in [6, 6.07) is 27.3. The van der Waals surface area contributed by atoms with Crippen LogP contribution in [-0.2, 0) is 70.3 Å². The normalized spacial score (nSPS) is 13.2. The van der Waals surface area contributed by atoms with Crippen molar-refractivity contribution in [1.82, 2.24) is 0 Å². The van der Waals surface area contributed by atoms with Gasteiger partial charge in [0.1, 0.15) is 46.0 Å². The van der Waals surface area contributed by atoms with Crippen LogP contribution in [0.4, 0.5) is 0 Å². The van der Waals surface area contributed by atoms with Gasteiger partial charge in [0.15, 0.2) is 0 Å². The van der Waals surface area contributed by atoms with Crippen LogP contribution in [0.1, 0.15) is 156 Å². The lowest BCUT2D eigenvalue weighted by Gasteiger charge is -2.27. The Hall–Kier alpha value is -6.45. The van der Waals surface area contributed by atoms with Crippen LogP contribution in [0.15, 0.2) is 97.1 Å². The van der Waals surface area contributed by atoms with E-state index >= 15 is 0 Å². The van der Waals surface area contributed by atoms with Crippen molar-refractivity contribution in [2.45, 2.75) is 147 Å². The van der Waals surface area contributed by atoms with Gasteiger partial charge in [-0.3, -0.25) is 0 Å². The number of aromatic hydroxyl groups is 8. The number of hydrogen-bond donors (Lipinski definition) is 8. The summed E-state index contributed by atoms with van der Waals surface area (Å²) in [5, 5.41) is 95.1. The predicted molar refractivity (Wildman–Crippen MR) is 397 cm³/mol. The van der Waals surface area contributed by atoms with Gasteiger partial charge in [-0.05, 0) is 199 Å². The summed E-state index contributed by atoms with van der Waals surface area (Å²) in [6.45, 7) is 12.4. The van der Waals surface area contributed by atoms with E-state index in [4.69, 9.17) is 49.3 Å². The van der Waals surface area contributed by atoms with Crippen LogP contribution in [0.5, 0.6) is 92.0 Å². The van der Waals surface area contributed by atoms with Crippen LogP contribution in [0.25, 0.3) is 0 Å². The Balaban J connectivity index is 1.06. The Morgan fingerprint density at radius 3 is 0.738 bits per heavy atom. The van der Waals surface area contributed by atoms with Gasteiger partial charge in [0.25, 0.3) is 0 Å². The van der Waals surface area contributed by atoms with Crippen LogP contribution in [-0.4, -0.2) is 163 Å². The standard InChI is InChI=1S/2C28H24O8.5C3H7O.5CH3.6Al/c2*29-21-9-22(30)14-1-13(21)5-15-2-17(25(33)10-23(15)31)7-19-4-20(28(36)12-27(19)35)8-18-3-16(6-14)24(32)11-26(18)34;5*1-2-3-4;;;;;;;;;;;/h2*1-4,9-12,29-36H,5-8H2;5*2-3H2,1H3;5*1H3;;;;;;/q;;5*-1;;;;;;5*+2;+3/p-8. The van der Waals surface area contributed by atoms with Crippen LogP contribution < -0.4 is 30.3 Å². The summed E-state index contributed by atoms with van der Waals surface area (Å²) >= 11 is -15.6. The van der Waals surface area contributed by atoms with Crippen molar-refractivity contribution in [3.8, 4) is 92.0 Å². The third kappa shape index (κ3) is 19.8. The number of hydrogen-bond acceptors (Lipinski definition) is 21. The second-order valence-electron chi connectivity index (χ2n) is 26.5. The van der Waals surface area contributed by atoms with Crippen molar-refractivity contribution in [3.05, 3.63) is 186 Å². The molecule has 1 heterocycles. The molecule has 8 N–H and O–H groups in total. The summed E-state index contributed by atoms with van der Waals surface area (Å²) < 4.78 is 86.6. The average Bonchev–Trinajstić information content (AvgIpc) is 0.782. The minimum absolute atomic E-state index is 0.0387. The first-order valence-electron chi connectivity index (χ1n) is 35.7. The molecule has 8 aromatic carbocycles. The van der Waals surface area contributed by atoms with Crippen molar-refractivity contribution < 1.29 is 90.1 Å². The van der Waals surface area contributed by atoms with Crippen molar-refractivity contribution in [3.63, 3.8) is 0 Å². The lowest BCUT2D eigenvalue weighted by atomic mass is 9.91. The van der Waals surface area contributed by atoms with Crippen LogP contribution in [0.3, 0.4) is 0 Å². The van der Waals surface area contributed by atoms with Gasteiger partial charge >= 0.3 is 89.2 Å². The molecule has 21 nitrogen and oxygen atoms in total. The molecule has 0 spiro atoms. The van der Waals surface area contributed by atoms with Gasteiger partial charge in [-0.25, -0.2) is 0 Å². The smallest absolute Gasteiger partial charge is 0.621 e. The lowest BCUT2D eigenvalue weighted by Crippen LogP contribution is -2.35. The Kier molecular flexibility index (Phi) is 27.0. The van der Waals surface area contributed by atoms with Crippen molar-refractivity contribution in [1.29, 1.82) is 0 Å². The highest BCUT2D eigenvalue weighted by molar-refractivity contribution is 6.45. The minimum Gasteiger partial charge on any atom is -0.621 e. The Morgan fingerprint density at radius 2 is 0.495 bits per heavy atom. The fraction of sp³-hybridized carbons (Fsp3) is 0.368. The Bertz CT molecular complexity index is 4060. The quantitative estimate of drug-likeness (QED) is 0.0276. The van der Waals surface area contributed by atoms with Gasteiger partial charge in [0.05, 0.1) is 46.0 Å². The number of benzene rings is 8. The molecule has 1 aliphatic heterocycles. The first kappa shape index (κ1) is 77.6. The fourth-order valence-corrected chi connectivity index (χ4v) is 20.5. The summed E-state index contributed by atoms with van der Waals surface area (Å²) in [7, 11) is 0. The lowest BCUT2D eigenvalue weighted by molar-refractivity contribution is 0.200. The van der Waals surface area contributed by atoms with Crippen LogP contribution in [0, 0.1) is 0 Å². The van der Waals surface area contributed by atoms with Crippen molar-refractivity contribution >= 4 is 89.2 Å².